The summed E-state index contributed by atoms with van der Waals surface area (Å²) in [6.07, 6.45) is 1.03. The summed E-state index contributed by atoms with van der Waals surface area (Å²) in [5.41, 5.74) is 1.08. The zero-order valence-electron chi connectivity index (χ0n) is 12.8. The molecular formula is C16H26O2Si. The van der Waals surface area contributed by atoms with Crippen LogP contribution in [0.5, 0.6) is 0 Å². The van der Waals surface area contributed by atoms with Gasteiger partial charge in [-0.3, -0.25) is 4.79 Å². The molecule has 0 heterocycles. The number of benzene rings is 1. The standard InChI is InChI=1S/C16H26O2Si/c1-16(2,3)19(4,5)18-12-11-15(17)13-14-9-7-6-8-10-14/h6-10H,11-13H2,1-5H3. The van der Waals surface area contributed by atoms with E-state index >= 15 is 0 Å². The third-order valence-corrected chi connectivity index (χ3v) is 8.43. The molecule has 1 aromatic rings. The van der Waals surface area contributed by atoms with Crippen LogP contribution in [0.2, 0.25) is 18.1 Å². The molecule has 0 aliphatic carbocycles. The number of hydrogen-bond donors (Lipinski definition) is 0. The molecular weight excluding hydrogens is 252 g/mol. The van der Waals surface area contributed by atoms with Crippen molar-refractivity contribution in [1.82, 2.24) is 0 Å². The second kappa shape index (κ2) is 6.48. The molecule has 1 rings (SSSR count). The molecule has 3 heteroatoms. The van der Waals surface area contributed by atoms with Gasteiger partial charge in [0.2, 0.25) is 0 Å². The van der Waals surface area contributed by atoms with Crippen molar-refractivity contribution in [2.45, 2.75) is 51.7 Å². The fourth-order valence-electron chi connectivity index (χ4n) is 1.55. The lowest BCUT2D eigenvalue weighted by Gasteiger charge is -2.36. The Kier molecular flexibility index (Phi) is 5.50. The Hall–Kier alpha value is -0.933. The van der Waals surface area contributed by atoms with Crippen LogP contribution < -0.4 is 0 Å². The SMILES string of the molecule is CC(C)(C)[Si](C)(C)OCCC(=O)Cc1ccccc1. The summed E-state index contributed by atoms with van der Waals surface area (Å²) in [6, 6.07) is 9.89. The van der Waals surface area contributed by atoms with Crippen LogP contribution in [0.3, 0.4) is 0 Å². The van der Waals surface area contributed by atoms with Crippen LogP contribution in [0.25, 0.3) is 0 Å². The van der Waals surface area contributed by atoms with E-state index in [-0.39, 0.29) is 10.8 Å². The van der Waals surface area contributed by atoms with Crippen LogP contribution in [0.15, 0.2) is 30.3 Å². The monoisotopic (exact) mass is 278 g/mol. The van der Waals surface area contributed by atoms with Gasteiger partial charge in [-0.15, -0.1) is 0 Å². The Bertz CT molecular complexity index is 405. The van der Waals surface area contributed by atoms with Crippen molar-refractivity contribution < 1.29 is 9.22 Å². The van der Waals surface area contributed by atoms with E-state index in [1.165, 1.54) is 0 Å². The highest BCUT2D eigenvalue weighted by Crippen LogP contribution is 2.36. The maximum Gasteiger partial charge on any atom is 0.191 e. The normalized spacial score (nSPS) is 12.5. The molecule has 0 radical (unpaired) electrons. The van der Waals surface area contributed by atoms with Crippen molar-refractivity contribution in [1.29, 1.82) is 0 Å². The van der Waals surface area contributed by atoms with Gasteiger partial charge in [-0.25, -0.2) is 0 Å². The van der Waals surface area contributed by atoms with E-state index < -0.39 is 8.32 Å². The maximum atomic E-state index is 11.9. The molecule has 0 aromatic heterocycles. The molecule has 106 valence electrons. The van der Waals surface area contributed by atoms with Gasteiger partial charge >= 0.3 is 0 Å². The van der Waals surface area contributed by atoms with Crippen LogP contribution in [0, 0.1) is 0 Å². The van der Waals surface area contributed by atoms with Gasteiger partial charge in [0.1, 0.15) is 5.78 Å². The average molecular weight is 278 g/mol. The van der Waals surface area contributed by atoms with Crippen molar-refractivity contribution in [3.63, 3.8) is 0 Å². The van der Waals surface area contributed by atoms with E-state index in [4.69, 9.17) is 4.43 Å². The summed E-state index contributed by atoms with van der Waals surface area (Å²) < 4.78 is 6.02. The topological polar surface area (TPSA) is 26.3 Å². The van der Waals surface area contributed by atoms with E-state index in [0.717, 1.165) is 5.56 Å². The molecule has 0 saturated carbocycles. The van der Waals surface area contributed by atoms with E-state index in [1.54, 1.807) is 0 Å². The zero-order valence-corrected chi connectivity index (χ0v) is 13.8. The van der Waals surface area contributed by atoms with Crippen molar-refractivity contribution in [3.05, 3.63) is 35.9 Å². The Morgan fingerprint density at radius 3 is 2.26 bits per heavy atom. The van der Waals surface area contributed by atoms with Crippen molar-refractivity contribution in [2.24, 2.45) is 0 Å². The van der Waals surface area contributed by atoms with Gasteiger partial charge in [-0.05, 0) is 23.7 Å². The molecule has 0 bridgehead atoms. The molecule has 19 heavy (non-hydrogen) atoms. The Morgan fingerprint density at radius 2 is 1.74 bits per heavy atom. The predicted octanol–water partition coefficient (Wildman–Crippen LogP) is 4.21. The fourth-order valence-corrected chi connectivity index (χ4v) is 2.59. The van der Waals surface area contributed by atoms with E-state index in [9.17, 15) is 4.79 Å². The minimum absolute atomic E-state index is 0.204. The van der Waals surface area contributed by atoms with Crippen LogP contribution in [0.1, 0.15) is 32.8 Å². The van der Waals surface area contributed by atoms with Gasteiger partial charge < -0.3 is 4.43 Å². The first-order valence-electron chi connectivity index (χ1n) is 6.92. The summed E-state index contributed by atoms with van der Waals surface area (Å²) in [7, 11) is -1.72. The number of hydrogen-bond acceptors (Lipinski definition) is 2. The third-order valence-electron chi connectivity index (χ3n) is 3.89. The largest absolute Gasteiger partial charge is 0.416 e. The zero-order chi connectivity index (χ0) is 14.5. The molecule has 0 amide bonds. The summed E-state index contributed by atoms with van der Waals surface area (Å²) in [6.45, 7) is 11.6. The number of Topliss-reactive ketones (excluding diaryl/α,β-unsaturated/α-hetero) is 1. The highest BCUT2D eigenvalue weighted by Gasteiger charge is 2.36. The minimum atomic E-state index is -1.72. The fraction of sp³-hybridized carbons (Fsp3) is 0.562. The van der Waals surface area contributed by atoms with Gasteiger partial charge in [0.25, 0.3) is 0 Å². The maximum absolute atomic E-state index is 11.9. The molecule has 0 unspecified atom stereocenters. The molecule has 0 fully saturated rings. The third kappa shape index (κ3) is 5.29. The lowest BCUT2D eigenvalue weighted by Crippen LogP contribution is -2.41. The van der Waals surface area contributed by atoms with E-state index in [2.05, 4.69) is 33.9 Å². The highest BCUT2D eigenvalue weighted by molar-refractivity contribution is 6.74. The molecule has 0 N–H and O–H groups in total. The summed E-state index contributed by atoms with van der Waals surface area (Å²) >= 11 is 0. The van der Waals surface area contributed by atoms with Gasteiger partial charge in [0.15, 0.2) is 8.32 Å². The van der Waals surface area contributed by atoms with Crippen LogP contribution in [0.4, 0.5) is 0 Å². The Labute approximate surface area is 118 Å². The first kappa shape index (κ1) is 16.1. The van der Waals surface area contributed by atoms with Crippen LogP contribution >= 0.6 is 0 Å². The summed E-state index contributed by atoms with van der Waals surface area (Å²) in [5.74, 6) is 0.255. The summed E-state index contributed by atoms with van der Waals surface area (Å²) in [4.78, 5) is 11.9. The van der Waals surface area contributed by atoms with E-state index in [1.807, 2.05) is 30.3 Å². The highest BCUT2D eigenvalue weighted by atomic mass is 28.4. The smallest absolute Gasteiger partial charge is 0.191 e. The minimum Gasteiger partial charge on any atom is -0.416 e. The van der Waals surface area contributed by atoms with Crippen molar-refractivity contribution in [2.75, 3.05) is 6.61 Å². The number of carbonyl (C=O) groups is 1. The van der Waals surface area contributed by atoms with Gasteiger partial charge in [-0.2, -0.15) is 0 Å². The van der Waals surface area contributed by atoms with Crippen LogP contribution in [-0.2, 0) is 15.6 Å². The lowest BCUT2D eigenvalue weighted by atomic mass is 10.1. The van der Waals surface area contributed by atoms with E-state index in [0.29, 0.717) is 19.4 Å². The first-order chi connectivity index (χ1) is 8.72. The second-order valence-electron chi connectivity index (χ2n) is 6.56. The second-order valence-corrected chi connectivity index (χ2v) is 11.4. The predicted molar refractivity (Wildman–Crippen MR) is 82.9 cm³/mol. The molecule has 1 aromatic carbocycles. The Balaban J connectivity index is 2.36. The first-order valence-corrected chi connectivity index (χ1v) is 9.83. The number of ketones is 1. The van der Waals surface area contributed by atoms with Crippen molar-refractivity contribution >= 4 is 14.1 Å². The summed E-state index contributed by atoms with van der Waals surface area (Å²) in [5, 5.41) is 0.204. The average Bonchev–Trinajstić information content (AvgIpc) is 2.28. The molecule has 0 aliphatic heterocycles. The molecule has 0 aliphatic rings. The number of carbonyl (C=O) groups excluding carboxylic acids is 1. The number of rotatable bonds is 6. The molecule has 0 spiro atoms. The quantitative estimate of drug-likeness (QED) is 0.729. The molecule has 0 saturated heterocycles. The van der Waals surface area contributed by atoms with Crippen LogP contribution in [-0.4, -0.2) is 20.7 Å². The van der Waals surface area contributed by atoms with Crippen molar-refractivity contribution in [3.8, 4) is 0 Å². The van der Waals surface area contributed by atoms with Gasteiger partial charge in [0.05, 0.1) is 0 Å². The molecule has 2 nitrogen and oxygen atoms in total. The lowest BCUT2D eigenvalue weighted by molar-refractivity contribution is -0.118. The molecule has 0 atom stereocenters. The van der Waals surface area contributed by atoms with Gasteiger partial charge in [-0.1, -0.05) is 51.1 Å². The Morgan fingerprint density at radius 1 is 1.16 bits per heavy atom. The van der Waals surface area contributed by atoms with Gasteiger partial charge in [0, 0.05) is 19.4 Å².